The number of para-hydroxylation sites is 1. The monoisotopic (exact) mass is 335 g/mol. The molecule has 126 valence electrons. The molecular formula is C19H17N3O3. The third-order valence-electron chi connectivity index (χ3n) is 3.59. The molecule has 0 unspecified atom stereocenters. The van der Waals surface area contributed by atoms with Crippen LogP contribution in [0.3, 0.4) is 0 Å². The summed E-state index contributed by atoms with van der Waals surface area (Å²) in [6.45, 7) is 0. The normalized spacial score (nSPS) is 11.2. The van der Waals surface area contributed by atoms with Crippen LogP contribution in [0.15, 0.2) is 72.0 Å². The molecule has 1 aromatic heterocycles. The molecule has 0 saturated carbocycles. The topological polar surface area (TPSA) is 65.7 Å². The Bertz CT molecular complexity index is 907. The van der Waals surface area contributed by atoms with Crippen LogP contribution in [0.4, 0.5) is 0 Å². The molecule has 0 bridgehead atoms. The quantitative estimate of drug-likeness (QED) is 0.735. The maximum atomic E-state index is 12.6. The van der Waals surface area contributed by atoms with Gasteiger partial charge in [0.05, 0.1) is 31.5 Å². The van der Waals surface area contributed by atoms with E-state index in [0.717, 1.165) is 5.69 Å². The SMILES string of the molecule is COc1cccc(OC)c1C(=O)/N=c1\ccn(-c2ccccc2)nc1. The van der Waals surface area contributed by atoms with Crippen molar-refractivity contribution in [3.63, 3.8) is 0 Å². The Morgan fingerprint density at radius 2 is 1.64 bits per heavy atom. The van der Waals surface area contributed by atoms with Crippen LogP contribution in [0.1, 0.15) is 10.4 Å². The zero-order valence-corrected chi connectivity index (χ0v) is 13.9. The van der Waals surface area contributed by atoms with Crippen LogP contribution in [-0.4, -0.2) is 29.9 Å². The third kappa shape index (κ3) is 3.58. The van der Waals surface area contributed by atoms with Crippen LogP contribution in [0.5, 0.6) is 11.5 Å². The lowest BCUT2D eigenvalue weighted by molar-refractivity contribution is 0.0992. The Balaban J connectivity index is 1.95. The highest BCUT2D eigenvalue weighted by atomic mass is 16.5. The summed E-state index contributed by atoms with van der Waals surface area (Å²) < 4.78 is 12.2. The molecule has 0 radical (unpaired) electrons. The van der Waals surface area contributed by atoms with Crippen molar-refractivity contribution in [2.45, 2.75) is 0 Å². The highest BCUT2D eigenvalue weighted by molar-refractivity contribution is 6.00. The van der Waals surface area contributed by atoms with E-state index >= 15 is 0 Å². The summed E-state index contributed by atoms with van der Waals surface area (Å²) >= 11 is 0. The van der Waals surface area contributed by atoms with Crippen LogP contribution in [0, 0.1) is 0 Å². The second-order valence-electron chi connectivity index (χ2n) is 5.12. The van der Waals surface area contributed by atoms with Gasteiger partial charge in [0.25, 0.3) is 5.91 Å². The predicted molar refractivity (Wildman–Crippen MR) is 93.0 cm³/mol. The number of carbonyl (C=O) groups is 1. The van der Waals surface area contributed by atoms with Gasteiger partial charge in [-0.1, -0.05) is 24.3 Å². The number of carbonyl (C=O) groups excluding carboxylic acids is 1. The van der Waals surface area contributed by atoms with E-state index in [2.05, 4.69) is 10.1 Å². The number of hydrogen-bond acceptors (Lipinski definition) is 4. The maximum Gasteiger partial charge on any atom is 0.285 e. The maximum absolute atomic E-state index is 12.6. The molecule has 0 spiro atoms. The molecule has 1 heterocycles. The molecular weight excluding hydrogens is 318 g/mol. The fourth-order valence-electron chi connectivity index (χ4n) is 2.38. The Kier molecular flexibility index (Phi) is 4.89. The molecule has 0 fully saturated rings. The first-order chi connectivity index (χ1) is 12.2. The summed E-state index contributed by atoms with van der Waals surface area (Å²) in [6.07, 6.45) is 3.29. The third-order valence-corrected chi connectivity index (χ3v) is 3.59. The number of methoxy groups -OCH3 is 2. The van der Waals surface area contributed by atoms with Crippen LogP contribution in [-0.2, 0) is 0 Å². The smallest absolute Gasteiger partial charge is 0.285 e. The molecule has 0 aliphatic rings. The highest BCUT2D eigenvalue weighted by Gasteiger charge is 2.17. The summed E-state index contributed by atoms with van der Waals surface area (Å²) in [5, 5.41) is 4.74. The van der Waals surface area contributed by atoms with Crippen LogP contribution < -0.4 is 14.8 Å². The molecule has 0 saturated heterocycles. The van der Waals surface area contributed by atoms with Crippen molar-refractivity contribution in [1.82, 2.24) is 9.78 Å². The first-order valence-corrected chi connectivity index (χ1v) is 7.63. The first-order valence-electron chi connectivity index (χ1n) is 7.63. The fourth-order valence-corrected chi connectivity index (χ4v) is 2.38. The van der Waals surface area contributed by atoms with Gasteiger partial charge in [0.2, 0.25) is 0 Å². The summed E-state index contributed by atoms with van der Waals surface area (Å²) in [5.74, 6) is 0.376. The summed E-state index contributed by atoms with van der Waals surface area (Å²) in [7, 11) is 3.00. The van der Waals surface area contributed by atoms with Gasteiger partial charge in [0, 0.05) is 6.20 Å². The fraction of sp³-hybridized carbons (Fsp3) is 0.105. The molecule has 3 aromatic rings. The molecule has 25 heavy (non-hydrogen) atoms. The number of aromatic nitrogens is 2. The average molecular weight is 335 g/mol. The highest BCUT2D eigenvalue weighted by Crippen LogP contribution is 2.28. The van der Waals surface area contributed by atoms with Gasteiger partial charge >= 0.3 is 0 Å². The molecule has 6 nitrogen and oxygen atoms in total. The van der Waals surface area contributed by atoms with E-state index < -0.39 is 5.91 Å². The van der Waals surface area contributed by atoms with E-state index in [1.165, 1.54) is 20.4 Å². The largest absolute Gasteiger partial charge is 0.496 e. The molecule has 0 aliphatic carbocycles. The summed E-state index contributed by atoms with van der Waals surface area (Å²) in [5.41, 5.74) is 1.21. The molecule has 0 N–H and O–H groups in total. The van der Waals surface area contributed by atoms with E-state index in [-0.39, 0.29) is 5.56 Å². The summed E-state index contributed by atoms with van der Waals surface area (Å²) in [4.78, 5) is 16.7. The van der Waals surface area contributed by atoms with Gasteiger partial charge in [-0.05, 0) is 30.3 Å². The molecule has 0 aliphatic heterocycles. The molecule has 0 atom stereocenters. The minimum Gasteiger partial charge on any atom is -0.496 e. The lowest BCUT2D eigenvalue weighted by atomic mass is 10.1. The van der Waals surface area contributed by atoms with E-state index in [1.807, 2.05) is 30.3 Å². The Labute approximate surface area is 145 Å². The van der Waals surface area contributed by atoms with E-state index in [4.69, 9.17) is 9.47 Å². The van der Waals surface area contributed by atoms with Crippen LogP contribution in [0.2, 0.25) is 0 Å². The van der Waals surface area contributed by atoms with Gasteiger partial charge in [-0.15, -0.1) is 0 Å². The van der Waals surface area contributed by atoms with Gasteiger partial charge in [0.1, 0.15) is 17.1 Å². The Morgan fingerprint density at radius 1 is 0.960 bits per heavy atom. The minimum absolute atomic E-state index is 0.285. The van der Waals surface area contributed by atoms with Crippen molar-refractivity contribution in [3.8, 4) is 17.2 Å². The van der Waals surface area contributed by atoms with Crippen molar-refractivity contribution < 1.29 is 14.3 Å². The summed E-state index contributed by atoms with van der Waals surface area (Å²) in [6, 6.07) is 16.5. The molecule has 2 aromatic carbocycles. The second kappa shape index (κ2) is 7.44. The number of hydrogen-bond donors (Lipinski definition) is 0. The number of nitrogens with zero attached hydrogens (tertiary/aromatic N) is 3. The number of benzene rings is 2. The van der Waals surface area contributed by atoms with Gasteiger partial charge in [-0.3, -0.25) is 4.79 Å². The van der Waals surface area contributed by atoms with Gasteiger partial charge in [-0.2, -0.15) is 5.10 Å². The zero-order valence-electron chi connectivity index (χ0n) is 13.9. The first kappa shape index (κ1) is 16.4. The van der Waals surface area contributed by atoms with Gasteiger partial charge in [0.15, 0.2) is 0 Å². The number of rotatable bonds is 4. The molecule has 3 rings (SSSR count). The number of ether oxygens (including phenoxy) is 2. The minimum atomic E-state index is -0.450. The van der Waals surface area contributed by atoms with Crippen LogP contribution >= 0.6 is 0 Å². The van der Waals surface area contributed by atoms with Gasteiger partial charge in [-0.25, -0.2) is 9.67 Å². The predicted octanol–water partition coefficient (Wildman–Crippen LogP) is 2.63. The Hall–Kier alpha value is -3.41. The van der Waals surface area contributed by atoms with Crippen molar-refractivity contribution >= 4 is 5.91 Å². The van der Waals surface area contributed by atoms with Crippen LogP contribution in [0.25, 0.3) is 5.69 Å². The van der Waals surface area contributed by atoms with E-state index in [1.54, 1.807) is 35.1 Å². The van der Waals surface area contributed by atoms with Gasteiger partial charge < -0.3 is 9.47 Å². The number of amides is 1. The second-order valence-corrected chi connectivity index (χ2v) is 5.12. The lowest BCUT2D eigenvalue weighted by Crippen LogP contribution is -2.12. The van der Waals surface area contributed by atoms with Crippen molar-refractivity contribution in [2.75, 3.05) is 14.2 Å². The van der Waals surface area contributed by atoms with E-state index in [9.17, 15) is 4.79 Å². The molecule has 6 heteroatoms. The molecule has 1 amide bonds. The van der Waals surface area contributed by atoms with Crippen molar-refractivity contribution in [1.29, 1.82) is 0 Å². The van der Waals surface area contributed by atoms with E-state index in [0.29, 0.717) is 16.9 Å². The van der Waals surface area contributed by atoms with Crippen molar-refractivity contribution in [3.05, 3.63) is 77.9 Å². The lowest BCUT2D eigenvalue weighted by Gasteiger charge is -2.09. The zero-order chi connectivity index (χ0) is 17.6. The Morgan fingerprint density at radius 3 is 2.20 bits per heavy atom. The standard InChI is InChI=1S/C19H17N3O3/c1-24-16-9-6-10-17(25-2)18(16)19(23)21-14-11-12-22(20-13-14)15-7-4-3-5-8-15/h3-13H,1-2H3/b21-14+. The average Bonchev–Trinajstić information content (AvgIpc) is 2.68. The van der Waals surface area contributed by atoms with Crippen molar-refractivity contribution in [2.24, 2.45) is 4.99 Å².